The molecule has 6 heteroatoms. The van der Waals surface area contributed by atoms with E-state index in [1.54, 1.807) is 13.2 Å². The predicted octanol–water partition coefficient (Wildman–Crippen LogP) is 2.89. The molecule has 1 fully saturated rings. The molecule has 0 aromatic heterocycles. The minimum Gasteiger partial charge on any atom is -0.493 e. The number of hydrogen-bond acceptors (Lipinski definition) is 4. The molecule has 2 rings (SSSR count). The van der Waals surface area contributed by atoms with E-state index in [0.29, 0.717) is 29.1 Å². The van der Waals surface area contributed by atoms with Gasteiger partial charge >= 0.3 is 0 Å². The number of benzene rings is 1. The molecule has 0 aliphatic heterocycles. The fraction of sp³-hybridized carbons (Fsp3) is 0.588. The highest BCUT2D eigenvalue weighted by Crippen LogP contribution is 2.33. The topological polar surface area (TPSA) is 59.6 Å². The smallest absolute Gasteiger partial charge is 0.258 e. The van der Waals surface area contributed by atoms with Gasteiger partial charge in [-0.1, -0.05) is 11.6 Å². The molecule has 0 heterocycles. The summed E-state index contributed by atoms with van der Waals surface area (Å²) < 4.78 is 10.9. The van der Waals surface area contributed by atoms with Gasteiger partial charge in [0.2, 0.25) is 0 Å². The van der Waals surface area contributed by atoms with Gasteiger partial charge in [-0.15, -0.1) is 0 Å². The first-order valence-electron chi connectivity index (χ1n) is 7.82. The normalized spacial score (nSPS) is 14.5. The number of methoxy groups -OCH3 is 1. The van der Waals surface area contributed by atoms with Crippen LogP contribution in [0, 0.1) is 0 Å². The Morgan fingerprint density at radius 1 is 1.30 bits per heavy atom. The molecule has 1 aliphatic rings. The minimum absolute atomic E-state index is 0.0797. The SMILES string of the molecule is COc1cc(CNC2CC2)c(Cl)cc1OCC(=O)NC(C)(C)C. The highest BCUT2D eigenvalue weighted by atomic mass is 35.5. The maximum Gasteiger partial charge on any atom is 0.258 e. The number of ether oxygens (including phenoxy) is 2. The van der Waals surface area contributed by atoms with Crippen LogP contribution in [0.25, 0.3) is 0 Å². The molecular weight excluding hydrogens is 316 g/mol. The van der Waals surface area contributed by atoms with E-state index in [9.17, 15) is 4.79 Å². The molecule has 0 spiro atoms. The summed E-state index contributed by atoms with van der Waals surface area (Å²) in [4.78, 5) is 11.8. The lowest BCUT2D eigenvalue weighted by Gasteiger charge is -2.21. The molecule has 0 radical (unpaired) electrons. The van der Waals surface area contributed by atoms with Gasteiger partial charge in [-0.25, -0.2) is 0 Å². The quantitative estimate of drug-likeness (QED) is 0.801. The zero-order chi connectivity index (χ0) is 17.0. The highest BCUT2D eigenvalue weighted by molar-refractivity contribution is 6.31. The van der Waals surface area contributed by atoms with Crippen molar-refractivity contribution in [1.82, 2.24) is 10.6 Å². The summed E-state index contributed by atoms with van der Waals surface area (Å²) in [6, 6.07) is 4.16. The van der Waals surface area contributed by atoms with Crippen molar-refractivity contribution in [3.8, 4) is 11.5 Å². The number of hydrogen-bond donors (Lipinski definition) is 2. The van der Waals surface area contributed by atoms with Gasteiger partial charge < -0.3 is 20.1 Å². The average molecular weight is 341 g/mol. The van der Waals surface area contributed by atoms with Gasteiger partial charge in [-0.05, 0) is 45.2 Å². The summed E-state index contributed by atoms with van der Waals surface area (Å²) in [6.07, 6.45) is 2.44. The first-order valence-corrected chi connectivity index (χ1v) is 8.20. The standard InChI is InChI=1S/C17H25ClN2O3/c1-17(2,3)20-16(21)10-23-15-8-13(18)11(7-14(15)22-4)9-19-12-5-6-12/h7-8,12,19H,5-6,9-10H2,1-4H3,(H,20,21). The number of halogens is 1. The van der Waals surface area contributed by atoms with E-state index in [4.69, 9.17) is 21.1 Å². The zero-order valence-electron chi connectivity index (χ0n) is 14.2. The van der Waals surface area contributed by atoms with E-state index in [0.717, 1.165) is 5.56 Å². The van der Waals surface area contributed by atoms with Crippen LogP contribution >= 0.6 is 11.6 Å². The van der Waals surface area contributed by atoms with Crippen molar-refractivity contribution in [2.45, 2.75) is 51.7 Å². The maximum absolute atomic E-state index is 11.8. The Bertz CT molecular complexity index is 566. The van der Waals surface area contributed by atoms with Gasteiger partial charge in [0.15, 0.2) is 18.1 Å². The first kappa shape index (κ1) is 17.9. The lowest BCUT2D eigenvalue weighted by atomic mass is 10.1. The Labute approximate surface area is 142 Å². The van der Waals surface area contributed by atoms with E-state index < -0.39 is 0 Å². The van der Waals surface area contributed by atoms with Gasteiger partial charge in [0.05, 0.1) is 7.11 Å². The summed E-state index contributed by atoms with van der Waals surface area (Å²) in [6.45, 7) is 6.38. The third-order valence-corrected chi connectivity index (χ3v) is 3.72. The number of carbonyl (C=O) groups is 1. The summed E-state index contributed by atoms with van der Waals surface area (Å²) in [5, 5.41) is 6.86. The maximum atomic E-state index is 11.8. The van der Waals surface area contributed by atoms with Crippen molar-refractivity contribution < 1.29 is 14.3 Å². The van der Waals surface area contributed by atoms with Gasteiger partial charge in [0.1, 0.15) is 0 Å². The summed E-state index contributed by atoms with van der Waals surface area (Å²) in [5.74, 6) is 0.859. The lowest BCUT2D eigenvalue weighted by Crippen LogP contribution is -2.43. The summed E-state index contributed by atoms with van der Waals surface area (Å²) in [5.41, 5.74) is 0.669. The minimum atomic E-state index is -0.291. The van der Waals surface area contributed by atoms with E-state index >= 15 is 0 Å². The van der Waals surface area contributed by atoms with Crippen molar-refractivity contribution >= 4 is 17.5 Å². The van der Waals surface area contributed by atoms with Gasteiger partial charge in [-0.3, -0.25) is 4.79 Å². The Morgan fingerprint density at radius 2 is 2.00 bits per heavy atom. The van der Waals surface area contributed by atoms with E-state index in [-0.39, 0.29) is 18.1 Å². The zero-order valence-corrected chi connectivity index (χ0v) is 14.9. The van der Waals surface area contributed by atoms with E-state index in [1.165, 1.54) is 12.8 Å². The largest absolute Gasteiger partial charge is 0.493 e. The Morgan fingerprint density at radius 3 is 2.57 bits per heavy atom. The van der Waals surface area contributed by atoms with Gasteiger partial charge in [-0.2, -0.15) is 0 Å². The lowest BCUT2D eigenvalue weighted by molar-refractivity contribution is -0.124. The molecule has 1 aromatic carbocycles. The predicted molar refractivity (Wildman–Crippen MR) is 91.3 cm³/mol. The van der Waals surface area contributed by atoms with Crippen molar-refractivity contribution in [3.63, 3.8) is 0 Å². The molecule has 0 bridgehead atoms. The van der Waals surface area contributed by atoms with Crippen LogP contribution in [0.4, 0.5) is 0 Å². The molecule has 5 nitrogen and oxygen atoms in total. The molecule has 0 unspecified atom stereocenters. The number of carbonyl (C=O) groups excluding carboxylic acids is 1. The second-order valence-electron chi connectivity index (χ2n) is 6.84. The first-order chi connectivity index (χ1) is 10.8. The van der Waals surface area contributed by atoms with Crippen molar-refractivity contribution in [3.05, 3.63) is 22.7 Å². The van der Waals surface area contributed by atoms with Gasteiger partial charge in [0.25, 0.3) is 5.91 Å². The number of nitrogens with one attached hydrogen (secondary N) is 2. The second-order valence-corrected chi connectivity index (χ2v) is 7.24. The summed E-state index contributed by atoms with van der Waals surface area (Å²) >= 11 is 6.31. The molecular formula is C17H25ClN2O3. The molecule has 1 saturated carbocycles. The number of amides is 1. The van der Waals surface area contributed by atoms with Crippen molar-refractivity contribution in [2.75, 3.05) is 13.7 Å². The number of rotatable bonds is 7. The molecule has 0 atom stereocenters. The van der Waals surface area contributed by atoms with Crippen LogP contribution in [0.1, 0.15) is 39.2 Å². The Kier molecular flexibility index (Phi) is 5.76. The average Bonchev–Trinajstić information content (AvgIpc) is 3.26. The molecule has 128 valence electrons. The van der Waals surface area contributed by atoms with Crippen LogP contribution in [0.15, 0.2) is 12.1 Å². The van der Waals surface area contributed by atoms with Crippen LogP contribution in [0.5, 0.6) is 11.5 Å². The van der Waals surface area contributed by atoms with Crippen LogP contribution in [-0.4, -0.2) is 31.2 Å². The molecule has 1 aromatic rings. The Hall–Kier alpha value is -1.46. The van der Waals surface area contributed by atoms with Crippen molar-refractivity contribution in [1.29, 1.82) is 0 Å². The molecule has 1 amide bonds. The molecule has 23 heavy (non-hydrogen) atoms. The molecule has 0 saturated heterocycles. The van der Waals surface area contributed by atoms with Crippen LogP contribution in [-0.2, 0) is 11.3 Å². The van der Waals surface area contributed by atoms with Crippen molar-refractivity contribution in [2.24, 2.45) is 0 Å². The third-order valence-electron chi connectivity index (χ3n) is 3.36. The van der Waals surface area contributed by atoms with E-state index in [2.05, 4.69) is 10.6 Å². The molecule has 2 N–H and O–H groups in total. The monoisotopic (exact) mass is 340 g/mol. The molecule has 1 aliphatic carbocycles. The van der Waals surface area contributed by atoms with Crippen LogP contribution < -0.4 is 20.1 Å². The van der Waals surface area contributed by atoms with E-state index in [1.807, 2.05) is 26.8 Å². The van der Waals surface area contributed by atoms with Gasteiger partial charge in [0, 0.05) is 29.2 Å². The third kappa shape index (κ3) is 5.92. The summed E-state index contributed by atoms with van der Waals surface area (Å²) in [7, 11) is 1.57. The Balaban J connectivity index is 1.99. The van der Waals surface area contributed by atoms with Crippen LogP contribution in [0.3, 0.4) is 0 Å². The second kappa shape index (κ2) is 7.41. The fourth-order valence-electron chi connectivity index (χ4n) is 2.12. The highest BCUT2D eigenvalue weighted by Gasteiger charge is 2.21. The fourth-order valence-corrected chi connectivity index (χ4v) is 2.34. The van der Waals surface area contributed by atoms with Crippen LogP contribution in [0.2, 0.25) is 5.02 Å².